The molecule has 1 aromatic rings. The molecule has 1 aromatic carbocycles. The first kappa shape index (κ1) is 16.0. The van der Waals surface area contributed by atoms with Crippen LogP contribution in [0.3, 0.4) is 0 Å². The van der Waals surface area contributed by atoms with E-state index in [1.54, 1.807) is 25.1 Å². The molecule has 1 rings (SSSR count). The number of benzene rings is 1. The Kier molecular flexibility index (Phi) is 5.55. The Morgan fingerprint density at radius 1 is 1.25 bits per heavy atom. The van der Waals surface area contributed by atoms with Crippen molar-refractivity contribution in [3.05, 3.63) is 29.3 Å². The number of hydrogen-bond acceptors (Lipinski definition) is 3. The van der Waals surface area contributed by atoms with E-state index in [1.807, 2.05) is 20.8 Å². The van der Waals surface area contributed by atoms with E-state index in [4.69, 9.17) is 5.11 Å². The molecule has 0 spiro atoms. The first-order valence-corrected chi connectivity index (χ1v) is 6.69. The van der Waals surface area contributed by atoms with E-state index in [2.05, 4.69) is 10.6 Å². The summed E-state index contributed by atoms with van der Waals surface area (Å²) in [7, 11) is 0. The summed E-state index contributed by atoms with van der Waals surface area (Å²) in [5, 5.41) is 14.9. The largest absolute Gasteiger partial charge is 0.478 e. The molecule has 110 valence electrons. The van der Waals surface area contributed by atoms with Gasteiger partial charge in [0.05, 0.1) is 5.56 Å². The highest BCUT2D eigenvalue weighted by Gasteiger charge is 2.16. The van der Waals surface area contributed by atoms with E-state index in [0.717, 1.165) is 5.56 Å². The fourth-order valence-electron chi connectivity index (χ4n) is 1.72. The van der Waals surface area contributed by atoms with Gasteiger partial charge in [-0.25, -0.2) is 4.79 Å². The lowest BCUT2D eigenvalue weighted by molar-refractivity contribution is -0.121. The molecule has 0 fully saturated rings. The number of rotatable bonds is 6. The molecule has 0 aliphatic rings. The van der Waals surface area contributed by atoms with Gasteiger partial charge < -0.3 is 15.7 Å². The summed E-state index contributed by atoms with van der Waals surface area (Å²) >= 11 is 0. The number of aromatic carboxylic acids is 1. The molecule has 0 saturated heterocycles. The second-order valence-electron chi connectivity index (χ2n) is 5.36. The Morgan fingerprint density at radius 3 is 2.45 bits per heavy atom. The third-order valence-electron chi connectivity index (χ3n) is 2.86. The second kappa shape index (κ2) is 6.93. The molecule has 5 nitrogen and oxygen atoms in total. The SMILES string of the molecule is Cc1ccc(C(=O)O)c(NC(C)C(=O)NCC(C)C)c1. The highest BCUT2D eigenvalue weighted by molar-refractivity contribution is 5.95. The molecular weight excluding hydrogens is 256 g/mol. The van der Waals surface area contributed by atoms with Crippen LogP contribution in [0.25, 0.3) is 0 Å². The summed E-state index contributed by atoms with van der Waals surface area (Å²) in [4.78, 5) is 23.1. The van der Waals surface area contributed by atoms with Crippen molar-refractivity contribution >= 4 is 17.6 Å². The van der Waals surface area contributed by atoms with E-state index in [0.29, 0.717) is 18.2 Å². The van der Waals surface area contributed by atoms with Crippen LogP contribution in [0.4, 0.5) is 5.69 Å². The summed E-state index contributed by atoms with van der Waals surface area (Å²) in [6, 6.07) is 4.51. The number of carbonyl (C=O) groups excluding carboxylic acids is 1. The number of aryl methyl sites for hydroxylation is 1. The molecule has 0 aliphatic carbocycles. The third-order valence-corrected chi connectivity index (χ3v) is 2.86. The summed E-state index contributed by atoms with van der Waals surface area (Å²) in [6.07, 6.45) is 0. The lowest BCUT2D eigenvalue weighted by Crippen LogP contribution is -2.39. The molecule has 5 heteroatoms. The lowest BCUT2D eigenvalue weighted by Gasteiger charge is -2.18. The van der Waals surface area contributed by atoms with Gasteiger partial charge in [-0.3, -0.25) is 4.79 Å². The van der Waals surface area contributed by atoms with Crippen molar-refractivity contribution in [2.24, 2.45) is 5.92 Å². The fraction of sp³-hybridized carbons (Fsp3) is 0.467. The first-order valence-electron chi connectivity index (χ1n) is 6.69. The molecule has 3 N–H and O–H groups in total. The minimum absolute atomic E-state index is 0.142. The van der Waals surface area contributed by atoms with Gasteiger partial charge in [0.25, 0.3) is 0 Å². The zero-order valence-corrected chi connectivity index (χ0v) is 12.4. The van der Waals surface area contributed by atoms with Crippen molar-refractivity contribution in [3.8, 4) is 0 Å². The Morgan fingerprint density at radius 2 is 1.90 bits per heavy atom. The van der Waals surface area contributed by atoms with E-state index < -0.39 is 12.0 Å². The molecule has 1 amide bonds. The van der Waals surface area contributed by atoms with Gasteiger partial charge in [-0.15, -0.1) is 0 Å². The summed E-state index contributed by atoms with van der Waals surface area (Å²) in [6.45, 7) is 8.22. The zero-order chi connectivity index (χ0) is 15.3. The topological polar surface area (TPSA) is 78.4 Å². The molecule has 0 heterocycles. The predicted octanol–water partition coefficient (Wildman–Crippen LogP) is 2.27. The van der Waals surface area contributed by atoms with Crippen molar-refractivity contribution in [3.63, 3.8) is 0 Å². The monoisotopic (exact) mass is 278 g/mol. The van der Waals surface area contributed by atoms with E-state index in [9.17, 15) is 9.59 Å². The quantitative estimate of drug-likeness (QED) is 0.746. The summed E-state index contributed by atoms with van der Waals surface area (Å²) in [5.41, 5.74) is 1.57. The van der Waals surface area contributed by atoms with Crippen LogP contribution in [0, 0.1) is 12.8 Å². The maximum atomic E-state index is 11.9. The van der Waals surface area contributed by atoms with E-state index in [-0.39, 0.29) is 11.5 Å². The van der Waals surface area contributed by atoms with Gasteiger partial charge >= 0.3 is 5.97 Å². The number of hydrogen-bond donors (Lipinski definition) is 3. The number of nitrogens with one attached hydrogen (secondary N) is 2. The normalized spacial score (nSPS) is 12.1. The maximum absolute atomic E-state index is 11.9. The molecule has 0 aliphatic heterocycles. The van der Waals surface area contributed by atoms with Crippen LogP contribution < -0.4 is 10.6 Å². The van der Waals surface area contributed by atoms with Gasteiger partial charge in [0.2, 0.25) is 5.91 Å². The van der Waals surface area contributed by atoms with E-state index in [1.165, 1.54) is 0 Å². The fourth-order valence-corrected chi connectivity index (χ4v) is 1.72. The Balaban J connectivity index is 2.79. The molecule has 0 bridgehead atoms. The van der Waals surface area contributed by atoms with Gasteiger partial charge in [-0.1, -0.05) is 19.9 Å². The smallest absolute Gasteiger partial charge is 0.337 e. The van der Waals surface area contributed by atoms with Crippen LogP contribution in [0.1, 0.15) is 36.7 Å². The van der Waals surface area contributed by atoms with Gasteiger partial charge in [0, 0.05) is 12.2 Å². The number of carboxylic acids is 1. The molecular formula is C15H22N2O3. The van der Waals surface area contributed by atoms with Gasteiger partial charge in [-0.05, 0) is 37.5 Å². The summed E-state index contributed by atoms with van der Waals surface area (Å²) in [5.74, 6) is -0.779. The lowest BCUT2D eigenvalue weighted by atomic mass is 10.1. The highest BCUT2D eigenvalue weighted by atomic mass is 16.4. The molecule has 0 saturated carbocycles. The van der Waals surface area contributed by atoms with Crippen LogP contribution in [0.15, 0.2) is 18.2 Å². The third kappa shape index (κ3) is 4.57. The molecule has 0 radical (unpaired) electrons. The maximum Gasteiger partial charge on any atom is 0.337 e. The van der Waals surface area contributed by atoms with Crippen molar-refractivity contribution in [2.75, 3.05) is 11.9 Å². The average molecular weight is 278 g/mol. The number of carbonyl (C=O) groups is 2. The molecule has 1 atom stereocenters. The van der Waals surface area contributed by atoms with Crippen LogP contribution in [-0.2, 0) is 4.79 Å². The van der Waals surface area contributed by atoms with Gasteiger partial charge in [0.1, 0.15) is 6.04 Å². The van der Waals surface area contributed by atoms with Gasteiger partial charge in [-0.2, -0.15) is 0 Å². The van der Waals surface area contributed by atoms with Crippen molar-refractivity contribution < 1.29 is 14.7 Å². The Hall–Kier alpha value is -2.04. The average Bonchev–Trinajstić information content (AvgIpc) is 2.35. The van der Waals surface area contributed by atoms with Crippen LogP contribution in [-0.4, -0.2) is 29.6 Å². The second-order valence-corrected chi connectivity index (χ2v) is 5.36. The number of amides is 1. The van der Waals surface area contributed by atoms with E-state index >= 15 is 0 Å². The zero-order valence-electron chi connectivity index (χ0n) is 12.4. The Labute approximate surface area is 119 Å². The summed E-state index contributed by atoms with van der Waals surface area (Å²) < 4.78 is 0. The van der Waals surface area contributed by atoms with Gasteiger partial charge in [0.15, 0.2) is 0 Å². The van der Waals surface area contributed by atoms with Crippen molar-refractivity contribution in [1.29, 1.82) is 0 Å². The minimum Gasteiger partial charge on any atom is -0.478 e. The first-order chi connectivity index (χ1) is 9.31. The predicted molar refractivity (Wildman–Crippen MR) is 79.1 cm³/mol. The van der Waals surface area contributed by atoms with Crippen molar-refractivity contribution in [1.82, 2.24) is 5.32 Å². The van der Waals surface area contributed by atoms with Crippen LogP contribution >= 0.6 is 0 Å². The number of anilines is 1. The molecule has 20 heavy (non-hydrogen) atoms. The highest BCUT2D eigenvalue weighted by Crippen LogP contribution is 2.18. The number of carboxylic acid groups (broad SMARTS) is 1. The van der Waals surface area contributed by atoms with Crippen molar-refractivity contribution in [2.45, 2.75) is 33.7 Å². The minimum atomic E-state index is -1.01. The standard InChI is InChI=1S/C15H22N2O3/c1-9(2)8-16-14(18)11(4)17-13-7-10(3)5-6-12(13)15(19)20/h5-7,9,11,17H,8H2,1-4H3,(H,16,18)(H,19,20). The van der Waals surface area contributed by atoms with Crippen LogP contribution in [0.2, 0.25) is 0 Å². The molecule has 0 aromatic heterocycles. The van der Waals surface area contributed by atoms with Crippen LogP contribution in [0.5, 0.6) is 0 Å². The molecule has 1 unspecified atom stereocenters. The Bertz CT molecular complexity index is 498.